The van der Waals surface area contributed by atoms with Gasteiger partial charge in [0.25, 0.3) is 0 Å². The summed E-state index contributed by atoms with van der Waals surface area (Å²) >= 11 is 0. The molecule has 2 aromatic rings. The van der Waals surface area contributed by atoms with Crippen LogP contribution in [-0.4, -0.2) is 6.61 Å². The molecule has 0 spiro atoms. The molecular weight excluding hydrogens is 258 g/mol. The zero-order chi connectivity index (χ0) is 15.2. The fraction of sp³-hybridized carbons (Fsp3) is 0.368. The third-order valence-corrected chi connectivity index (χ3v) is 3.46. The number of nitrogens with one attached hydrogen (secondary N) is 1. The van der Waals surface area contributed by atoms with Gasteiger partial charge in [0.05, 0.1) is 6.61 Å². The van der Waals surface area contributed by atoms with E-state index in [-0.39, 0.29) is 6.04 Å². The number of benzene rings is 2. The Morgan fingerprint density at radius 3 is 2.48 bits per heavy atom. The maximum atomic E-state index is 5.78. The van der Waals surface area contributed by atoms with Gasteiger partial charge in [0.1, 0.15) is 5.75 Å². The van der Waals surface area contributed by atoms with E-state index in [9.17, 15) is 0 Å². The second-order valence-electron chi connectivity index (χ2n) is 5.96. The van der Waals surface area contributed by atoms with E-state index in [1.165, 1.54) is 11.1 Å². The zero-order valence-electron chi connectivity index (χ0n) is 13.4. The molecule has 0 aliphatic rings. The molecule has 0 aliphatic heterocycles. The number of ether oxygens (including phenoxy) is 1. The van der Waals surface area contributed by atoms with Crippen molar-refractivity contribution in [1.82, 2.24) is 0 Å². The lowest BCUT2D eigenvalue weighted by atomic mass is 10.0. The van der Waals surface area contributed by atoms with Crippen molar-refractivity contribution in [3.05, 3.63) is 59.7 Å². The van der Waals surface area contributed by atoms with Crippen LogP contribution in [0.5, 0.6) is 5.75 Å². The third-order valence-electron chi connectivity index (χ3n) is 3.46. The number of rotatable bonds is 6. The van der Waals surface area contributed by atoms with Crippen LogP contribution < -0.4 is 10.1 Å². The van der Waals surface area contributed by atoms with Crippen molar-refractivity contribution < 1.29 is 4.74 Å². The average Bonchev–Trinajstić information content (AvgIpc) is 2.46. The largest absolute Gasteiger partial charge is 0.493 e. The summed E-state index contributed by atoms with van der Waals surface area (Å²) in [7, 11) is 0. The van der Waals surface area contributed by atoms with Crippen LogP contribution in [0.25, 0.3) is 0 Å². The fourth-order valence-electron chi connectivity index (χ4n) is 2.34. The summed E-state index contributed by atoms with van der Waals surface area (Å²) in [5.74, 6) is 1.46. The van der Waals surface area contributed by atoms with E-state index in [2.05, 4.69) is 69.4 Å². The van der Waals surface area contributed by atoms with E-state index >= 15 is 0 Å². The zero-order valence-corrected chi connectivity index (χ0v) is 13.4. The summed E-state index contributed by atoms with van der Waals surface area (Å²) in [6.45, 7) is 9.39. The van der Waals surface area contributed by atoms with Gasteiger partial charge in [0.15, 0.2) is 0 Å². The molecule has 21 heavy (non-hydrogen) atoms. The predicted molar refractivity (Wildman–Crippen MR) is 90.0 cm³/mol. The van der Waals surface area contributed by atoms with Crippen LogP contribution in [0, 0.1) is 12.8 Å². The molecule has 2 aromatic carbocycles. The summed E-state index contributed by atoms with van der Waals surface area (Å²) in [6, 6.07) is 16.9. The van der Waals surface area contributed by atoms with E-state index in [1.54, 1.807) is 0 Å². The highest BCUT2D eigenvalue weighted by Gasteiger charge is 2.08. The van der Waals surface area contributed by atoms with Gasteiger partial charge < -0.3 is 10.1 Å². The molecule has 0 amide bonds. The van der Waals surface area contributed by atoms with E-state index in [0.29, 0.717) is 5.92 Å². The van der Waals surface area contributed by atoms with E-state index < -0.39 is 0 Å². The van der Waals surface area contributed by atoms with Gasteiger partial charge in [-0.25, -0.2) is 0 Å². The smallest absolute Gasteiger partial charge is 0.121 e. The van der Waals surface area contributed by atoms with Crippen LogP contribution in [0.15, 0.2) is 48.5 Å². The summed E-state index contributed by atoms with van der Waals surface area (Å²) in [5.41, 5.74) is 3.72. The molecule has 2 nitrogen and oxygen atoms in total. The van der Waals surface area contributed by atoms with Gasteiger partial charge >= 0.3 is 0 Å². The summed E-state index contributed by atoms with van der Waals surface area (Å²) in [4.78, 5) is 0. The van der Waals surface area contributed by atoms with Crippen LogP contribution in [0.1, 0.15) is 37.9 Å². The molecule has 0 saturated heterocycles. The lowest BCUT2D eigenvalue weighted by Gasteiger charge is -2.18. The molecule has 0 radical (unpaired) electrons. The first-order valence-corrected chi connectivity index (χ1v) is 7.61. The van der Waals surface area contributed by atoms with Gasteiger partial charge in [-0.1, -0.05) is 44.2 Å². The number of hydrogen-bond donors (Lipinski definition) is 1. The fourth-order valence-corrected chi connectivity index (χ4v) is 2.34. The van der Waals surface area contributed by atoms with Gasteiger partial charge in [-0.3, -0.25) is 0 Å². The molecule has 0 heterocycles. The Balaban J connectivity index is 2.05. The molecule has 0 fully saturated rings. The van der Waals surface area contributed by atoms with Crippen molar-refractivity contribution in [2.45, 2.75) is 33.7 Å². The molecular formula is C19H25NO. The molecule has 0 aromatic heterocycles. The van der Waals surface area contributed by atoms with E-state index in [4.69, 9.17) is 4.74 Å². The van der Waals surface area contributed by atoms with Crippen molar-refractivity contribution in [2.24, 2.45) is 5.92 Å². The van der Waals surface area contributed by atoms with Gasteiger partial charge in [-0.2, -0.15) is 0 Å². The first-order chi connectivity index (χ1) is 10.1. The average molecular weight is 283 g/mol. The maximum Gasteiger partial charge on any atom is 0.121 e. The van der Waals surface area contributed by atoms with Crippen molar-refractivity contribution in [2.75, 3.05) is 11.9 Å². The number of aryl methyl sites for hydroxylation is 1. The molecule has 0 saturated carbocycles. The van der Waals surface area contributed by atoms with Crippen molar-refractivity contribution in [3.8, 4) is 5.75 Å². The first kappa shape index (κ1) is 15.4. The molecule has 1 unspecified atom stereocenters. The lowest BCUT2D eigenvalue weighted by molar-refractivity contribution is 0.271. The van der Waals surface area contributed by atoms with Crippen LogP contribution in [0.2, 0.25) is 0 Å². The quantitative estimate of drug-likeness (QED) is 0.786. The molecule has 1 N–H and O–H groups in total. The van der Waals surface area contributed by atoms with Crippen molar-refractivity contribution >= 4 is 5.69 Å². The van der Waals surface area contributed by atoms with Gasteiger partial charge in [0.2, 0.25) is 0 Å². The Bertz CT molecular complexity index is 577. The number of anilines is 1. The van der Waals surface area contributed by atoms with Gasteiger partial charge in [0, 0.05) is 17.8 Å². The minimum Gasteiger partial charge on any atom is -0.493 e. The highest BCUT2D eigenvalue weighted by atomic mass is 16.5. The highest BCUT2D eigenvalue weighted by molar-refractivity contribution is 5.50. The predicted octanol–water partition coefficient (Wildman–Crippen LogP) is 5.20. The summed E-state index contributed by atoms with van der Waals surface area (Å²) < 4.78 is 5.78. The second-order valence-corrected chi connectivity index (χ2v) is 5.96. The molecule has 0 aliphatic carbocycles. The standard InChI is InChI=1S/C19H25NO/c1-14(2)13-21-18-10-7-9-17(12-18)20-16(4)19-11-6-5-8-15(19)3/h5-12,14,16,20H,13H2,1-4H3. The Kier molecular flexibility index (Phi) is 5.26. The minimum absolute atomic E-state index is 0.270. The van der Waals surface area contributed by atoms with Gasteiger partial charge in [-0.15, -0.1) is 0 Å². The third kappa shape index (κ3) is 4.52. The Hall–Kier alpha value is -1.96. The normalized spacial score (nSPS) is 12.2. The minimum atomic E-state index is 0.270. The molecule has 2 rings (SSSR count). The number of hydrogen-bond acceptors (Lipinski definition) is 2. The monoisotopic (exact) mass is 283 g/mol. The maximum absolute atomic E-state index is 5.78. The van der Waals surface area contributed by atoms with Crippen LogP contribution in [0.4, 0.5) is 5.69 Å². The van der Waals surface area contributed by atoms with Crippen molar-refractivity contribution in [3.63, 3.8) is 0 Å². The highest BCUT2D eigenvalue weighted by Crippen LogP contribution is 2.24. The van der Waals surface area contributed by atoms with Crippen LogP contribution in [0.3, 0.4) is 0 Å². The topological polar surface area (TPSA) is 21.3 Å². The molecule has 0 bridgehead atoms. The SMILES string of the molecule is Cc1ccccc1C(C)Nc1cccc(OCC(C)C)c1. The molecule has 112 valence electrons. The Morgan fingerprint density at radius 1 is 1.00 bits per heavy atom. The molecule has 1 atom stereocenters. The van der Waals surface area contributed by atoms with E-state index in [1.807, 2.05) is 12.1 Å². The van der Waals surface area contributed by atoms with Gasteiger partial charge in [-0.05, 0) is 43.0 Å². The van der Waals surface area contributed by atoms with Crippen LogP contribution in [-0.2, 0) is 0 Å². The van der Waals surface area contributed by atoms with E-state index in [0.717, 1.165) is 18.0 Å². The Morgan fingerprint density at radius 2 is 1.76 bits per heavy atom. The second kappa shape index (κ2) is 7.16. The Labute approximate surface area is 128 Å². The summed E-state index contributed by atoms with van der Waals surface area (Å²) in [5, 5.41) is 3.55. The van der Waals surface area contributed by atoms with Crippen molar-refractivity contribution in [1.29, 1.82) is 0 Å². The first-order valence-electron chi connectivity index (χ1n) is 7.61. The van der Waals surface area contributed by atoms with Crippen LogP contribution >= 0.6 is 0 Å². The lowest BCUT2D eigenvalue weighted by Crippen LogP contribution is -2.08. The molecule has 2 heteroatoms. The summed E-state index contributed by atoms with van der Waals surface area (Å²) in [6.07, 6.45) is 0.